The summed E-state index contributed by atoms with van der Waals surface area (Å²) in [6, 6.07) is 23.0. The molecule has 5 heteroatoms. The highest BCUT2D eigenvalue weighted by molar-refractivity contribution is 5.88. The fourth-order valence-electron chi connectivity index (χ4n) is 3.92. The summed E-state index contributed by atoms with van der Waals surface area (Å²) in [6.45, 7) is 10.3. The normalized spacial score (nSPS) is 12.5. The number of benzene rings is 3. The molecule has 0 fully saturated rings. The zero-order chi connectivity index (χ0) is 26.1. The highest BCUT2D eigenvalue weighted by Gasteiger charge is 2.31. The van der Waals surface area contributed by atoms with Gasteiger partial charge in [-0.2, -0.15) is 0 Å². The summed E-state index contributed by atoms with van der Waals surface area (Å²) in [4.78, 5) is 28.8. The predicted molar refractivity (Wildman–Crippen MR) is 145 cm³/mol. The van der Waals surface area contributed by atoms with Crippen LogP contribution >= 0.6 is 0 Å². The summed E-state index contributed by atoms with van der Waals surface area (Å²) in [5.74, 6) is 0.263. The van der Waals surface area contributed by atoms with Crippen LogP contribution in [0.2, 0.25) is 0 Å². The van der Waals surface area contributed by atoms with E-state index in [1.54, 1.807) is 4.90 Å². The SMILES string of the molecule is CCC(C)NC(=O)C(Cc1ccccc1)N(Cc1ccc(C)cc1)C(=O)COc1ccc(C)c(C)c1. The topological polar surface area (TPSA) is 58.6 Å². The first kappa shape index (κ1) is 27.0. The van der Waals surface area contributed by atoms with Gasteiger partial charge in [-0.15, -0.1) is 0 Å². The van der Waals surface area contributed by atoms with Crippen LogP contribution in [0.5, 0.6) is 5.75 Å². The number of carbonyl (C=O) groups is 2. The van der Waals surface area contributed by atoms with E-state index in [0.29, 0.717) is 18.7 Å². The Morgan fingerprint density at radius 1 is 0.889 bits per heavy atom. The van der Waals surface area contributed by atoms with Gasteiger partial charge in [0.15, 0.2) is 6.61 Å². The quantitative estimate of drug-likeness (QED) is 0.387. The van der Waals surface area contributed by atoms with Crippen molar-refractivity contribution in [3.8, 4) is 5.75 Å². The number of aryl methyl sites for hydroxylation is 3. The van der Waals surface area contributed by atoms with E-state index in [4.69, 9.17) is 4.74 Å². The van der Waals surface area contributed by atoms with Gasteiger partial charge in [0.2, 0.25) is 5.91 Å². The van der Waals surface area contributed by atoms with Crippen molar-refractivity contribution in [1.82, 2.24) is 10.2 Å². The smallest absolute Gasteiger partial charge is 0.261 e. The molecule has 3 rings (SSSR count). The van der Waals surface area contributed by atoms with Gasteiger partial charge in [0.1, 0.15) is 11.8 Å². The minimum atomic E-state index is -0.668. The second-order valence-corrected chi connectivity index (χ2v) is 9.57. The van der Waals surface area contributed by atoms with Crippen LogP contribution in [0.3, 0.4) is 0 Å². The number of nitrogens with zero attached hydrogens (tertiary/aromatic N) is 1. The molecule has 0 heterocycles. The number of rotatable bonds is 11. The summed E-state index contributed by atoms with van der Waals surface area (Å²) in [5.41, 5.74) is 5.38. The standard InChI is InChI=1S/C31H38N2O3/c1-6-25(5)32-31(35)29(19-26-10-8-7-9-11-26)33(20-27-15-12-22(2)13-16-27)30(34)21-36-28-17-14-23(3)24(4)18-28/h7-18,25,29H,6,19-21H2,1-5H3,(H,32,35). The van der Waals surface area contributed by atoms with Crippen LogP contribution in [-0.4, -0.2) is 35.4 Å². The first-order valence-corrected chi connectivity index (χ1v) is 12.7. The van der Waals surface area contributed by atoms with E-state index in [9.17, 15) is 9.59 Å². The van der Waals surface area contributed by atoms with Crippen molar-refractivity contribution in [2.45, 2.75) is 66.1 Å². The van der Waals surface area contributed by atoms with Crippen LogP contribution in [0, 0.1) is 20.8 Å². The predicted octanol–water partition coefficient (Wildman–Crippen LogP) is 5.55. The number of carbonyl (C=O) groups excluding carboxylic acids is 2. The fourth-order valence-corrected chi connectivity index (χ4v) is 3.92. The third-order valence-corrected chi connectivity index (χ3v) is 6.59. The van der Waals surface area contributed by atoms with Gasteiger partial charge in [-0.3, -0.25) is 9.59 Å². The van der Waals surface area contributed by atoms with E-state index >= 15 is 0 Å². The van der Waals surface area contributed by atoms with Crippen molar-refractivity contribution < 1.29 is 14.3 Å². The minimum absolute atomic E-state index is 0.0129. The lowest BCUT2D eigenvalue weighted by molar-refractivity contribution is -0.143. The number of hydrogen-bond donors (Lipinski definition) is 1. The van der Waals surface area contributed by atoms with Crippen LogP contribution in [0.1, 0.15) is 48.1 Å². The van der Waals surface area contributed by atoms with Gasteiger partial charge in [0.05, 0.1) is 0 Å². The monoisotopic (exact) mass is 486 g/mol. The highest BCUT2D eigenvalue weighted by atomic mass is 16.5. The van der Waals surface area contributed by atoms with Crippen LogP contribution in [-0.2, 0) is 22.6 Å². The zero-order valence-electron chi connectivity index (χ0n) is 22.1. The van der Waals surface area contributed by atoms with E-state index in [2.05, 4.69) is 5.32 Å². The number of nitrogens with one attached hydrogen (secondary N) is 1. The summed E-state index contributed by atoms with van der Waals surface area (Å²) in [6.07, 6.45) is 1.23. The maximum absolute atomic E-state index is 13.7. The zero-order valence-corrected chi connectivity index (χ0v) is 22.1. The fraction of sp³-hybridized carbons (Fsp3) is 0.355. The van der Waals surface area contributed by atoms with Gasteiger partial charge < -0.3 is 15.0 Å². The van der Waals surface area contributed by atoms with Crippen molar-refractivity contribution >= 4 is 11.8 Å². The average Bonchev–Trinajstić information content (AvgIpc) is 2.88. The Morgan fingerprint density at radius 3 is 2.22 bits per heavy atom. The summed E-state index contributed by atoms with van der Waals surface area (Å²) in [5, 5.41) is 3.09. The molecule has 0 aliphatic carbocycles. The van der Waals surface area contributed by atoms with Gasteiger partial charge in [-0.25, -0.2) is 0 Å². The van der Waals surface area contributed by atoms with Gasteiger partial charge in [0, 0.05) is 19.0 Å². The summed E-state index contributed by atoms with van der Waals surface area (Å²) < 4.78 is 5.90. The van der Waals surface area contributed by atoms with E-state index in [0.717, 1.165) is 28.7 Å². The molecule has 1 N–H and O–H groups in total. The molecule has 36 heavy (non-hydrogen) atoms. The van der Waals surface area contributed by atoms with Crippen molar-refractivity contribution in [2.24, 2.45) is 0 Å². The molecule has 0 aliphatic heterocycles. The second-order valence-electron chi connectivity index (χ2n) is 9.57. The second kappa shape index (κ2) is 12.9. The molecular formula is C31H38N2O3. The molecule has 0 aliphatic rings. The van der Waals surface area contributed by atoms with Crippen LogP contribution < -0.4 is 10.1 Å². The Kier molecular flexibility index (Phi) is 9.69. The Morgan fingerprint density at radius 2 is 1.58 bits per heavy atom. The van der Waals surface area contributed by atoms with Gasteiger partial charge in [0.25, 0.3) is 5.91 Å². The molecule has 0 bridgehead atoms. The molecule has 2 amide bonds. The van der Waals surface area contributed by atoms with Gasteiger partial charge in [-0.1, -0.05) is 73.2 Å². The molecule has 0 spiro atoms. The maximum atomic E-state index is 13.7. The van der Waals surface area contributed by atoms with Crippen molar-refractivity contribution in [3.05, 3.63) is 101 Å². The largest absolute Gasteiger partial charge is 0.484 e. The lowest BCUT2D eigenvalue weighted by atomic mass is 10.0. The molecule has 0 saturated carbocycles. The molecule has 0 saturated heterocycles. The molecule has 3 aromatic carbocycles. The Bertz CT molecular complexity index is 1140. The number of hydrogen-bond acceptors (Lipinski definition) is 3. The van der Waals surface area contributed by atoms with Crippen molar-refractivity contribution in [1.29, 1.82) is 0 Å². The minimum Gasteiger partial charge on any atom is -0.484 e. The van der Waals surface area contributed by atoms with Gasteiger partial charge in [-0.05, 0) is 68.5 Å². The first-order chi connectivity index (χ1) is 17.3. The Labute approximate surface area is 215 Å². The molecule has 190 valence electrons. The van der Waals surface area contributed by atoms with E-state index in [1.165, 1.54) is 5.56 Å². The molecule has 3 aromatic rings. The summed E-state index contributed by atoms with van der Waals surface area (Å²) in [7, 11) is 0. The molecule has 5 nitrogen and oxygen atoms in total. The highest BCUT2D eigenvalue weighted by Crippen LogP contribution is 2.19. The molecule has 0 aromatic heterocycles. The maximum Gasteiger partial charge on any atom is 0.261 e. The molecule has 0 radical (unpaired) electrons. The first-order valence-electron chi connectivity index (χ1n) is 12.7. The third-order valence-electron chi connectivity index (χ3n) is 6.59. The number of ether oxygens (including phenoxy) is 1. The lowest BCUT2D eigenvalue weighted by Crippen LogP contribution is -2.53. The van der Waals surface area contributed by atoms with Crippen molar-refractivity contribution in [2.75, 3.05) is 6.61 Å². The Hall–Kier alpha value is -3.60. The van der Waals surface area contributed by atoms with Crippen LogP contribution in [0.4, 0.5) is 0 Å². The van der Waals surface area contributed by atoms with Crippen molar-refractivity contribution in [3.63, 3.8) is 0 Å². The molecule has 2 unspecified atom stereocenters. The summed E-state index contributed by atoms with van der Waals surface area (Å²) >= 11 is 0. The van der Waals surface area contributed by atoms with Crippen LogP contribution in [0.15, 0.2) is 72.8 Å². The molecular weight excluding hydrogens is 448 g/mol. The van der Waals surface area contributed by atoms with Gasteiger partial charge >= 0.3 is 0 Å². The lowest BCUT2D eigenvalue weighted by Gasteiger charge is -2.32. The molecule has 2 atom stereocenters. The average molecular weight is 487 g/mol. The van der Waals surface area contributed by atoms with E-state index in [1.807, 2.05) is 107 Å². The number of amides is 2. The van der Waals surface area contributed by atoms with Crippen LogP contribution in [0.25, 0.3) is 0 Å². The Balaban J connectivity index is 1.90. The van der Waals surface area contributed by atoms with E-state index in [-0.39, 0.29) is 24.5 Å². The van der Waals surface area contributed by atoms with E-state index < -0.39 is 6.04 Å². The third kappa shape index (κ3) is 7.70.